The van der Waals surface area contributed by atoms with Crippen molar-refractivity contribution in [2.24, 2.45) is 11.5 Å². The number of nitrogens with zero attached hydrogens (tertiary/aromatic N) is 2. The van der Waals surface area contributed by atoms with Gasteiger partial charge >= 0.3 is 11.9 Å². The predicted molar refractivity (Wildman–Crippen MR) is 122 cm³/mol. The molecule has 1 aliphatic heterocycles. The number of rotatable bonds is 14. The molecular formula is C21H33N7O7. The van der Waals surface area contributed by atoms with Gasteiger partial charge in [-0.1, -0.05) is 0 Å². The Balaban J connectivity index is 2.13. The van der Waals surface area contributed by atoms with E-state index < -0.39 is 60.2 Å². The second kappa shape index (κ2) is 13.4. The van der Waals surface area contributed by atoms with E-state index in [0.717, 1.165) is 0 Å². The lowest BCUT2D eigenvalue weighted by atomic mass is 10.1. The number of unbranched alkanes of at least 4 members (excludes halogenated alkanes) is 1. The normalized spacial score (nSPS) is 17.9. The van der Waals surface area contributed by atoms with Crippen LogP contribution in [0.25, 0.3) is 0 Å². The van der Waals surface area contributed by atoms with Crippen LogP contribution in [0.4, 0.5) is 0 Å². The Kier molecular flexibility index (Phi) is 10.6. The van der Waals surface area contributed by atoms with Crippen LogP contribution in [-0.2, 0) is 30.4 Å². The van der Waals surface area contributed by atoms with Gasteiger partial charge in [-0.05, 0) is 38.6 Å². The number of carboxylic acid groups (broad SMARTS) is 2. The van der Waals surface area contributed by atoms with Crippen LogP contribution in [0, 0.1) is 0 Å². The Morgan fingerprint density at radius 1 is 1.17 bits per heavy atom. The molecule has 4 unspecified atom stereocenters. The second-order valence-electron chi connectivity index (χ2n) is 8.42. The summed E-state index contributed by atoms with van der Waals surface area (Å²) in [5, 5.41) is 23.5. The van der Waals surface area contributed by atoms with Gasteiger partial charge < -0.3 is 42.2 Å². The molecule has 1 aromatic rings. The van der Waals surface area contributed by atoms with E-state index in [0.29, 0.717) is 37.9 Å². The van der Waals surface area contributed by atoms with Crippen molar-refractivity contribution in [1.82, 2.24) is 25.5 Å². The van der Waals surface area contributed by atoms with Crippen molar-refractivity contribution in [3.05, 3.63) is 18.2 Å². The summed E-state index contributed by atoms with van der Waals surface area (Å²) in [5.74, 6) is -4.42. The zero-order valence-electron chi connectivity index (χ0n) is 19.3. The number of imidazole rings is 1. The molecule has 194 valence electrons. The van der Waals surface area contributed by atoms with Gasteiger partial charge in [0.05, 0.1) is 18.8 Å². The zero-order chi connectivity index (χ0) is 26.0. The minimum Gasteiger partial charge on any atom is -0.481 e. The predicted octanol–water partition coefficient (Wildman–Crippen LogP) is -2.07. The van der Waals surface area contributed by atoms with E-state index in [9.17, 15) is 29.1 Å². The molecule has 0 spiro atoms. The molecule has 14 nitrogen and oxygen atoms in total. The van der Waals surface area contributed by atoms with Gasteiger partial charge in [0.15, 0.2) is 0 Å². The van der Waals surface area contributed by atoms with Crippen LogP contribution in [0.3, 0.4) is 0 Å². The number of aromatic amines is 1. The molecule has 35 heavy (non-hydrogen) atoms. The highest BCUT2D eigenvalue weighted by molar-refractivity contribution is 5.95. The molecule has 4 atom stereocenters. The van der Waals surface area contributed by atoms with Gasteiger partial charge in [-0.2, -0.15) is 0 Å². The van der Waals surface area contributed by atoms with Crippen LogP contribution in [0.1, 0.15) is 44.2 Å². The molecule has 2 heterocycles. The average Bonchev–Trinajstić information content (AvgIpc) is 3.49. The fraction of sp³-hybridized carbons (Fsp3) is 0.619. The Morgan fingerprint density at radius 2 is 1.91 bits per heavy atom. The monoisotopic (exact) mass is 495 g/mol. The Morgan fingerprint density at radius 3 is 2.51 bits per heavy atom. The molecule has 0 aliphatic carbocycles. The van der Waals surface area contributed by atoms with Gasteiger partial charge in [0.1, 0.15) is 18.1 Å². The van der Waals surface area contributed by atoms with Crippen LogP contribution < -0.4 is 22.1 Å². The molecule has 2 rings (SSSR count). The van der Waals surface area contributed by atoms with Gasteiger partial charge in [0.25, 0.3) is 0 Å². The number of H-pyrrole nitrogens is 1. The van der Waals surface area contributed by atoms with Crippen molar-refractivity contribution >= 4 is 29.7 Å². The summed E-state index contributed by atoms with van der Waals surface area (Å²) in [4.78, 5) is 69.1. The Labute approximate surface area is 201 Å². The third kappa shape index (κ3) is 8.33. The van der Waals surface area contributed by atoms with Gasteiger partial charge in [0, 0.05) is 24.9 Å². The molecule has 14 heteroatoms. The number of aliphatic carboxylic acids is 2. The van der Waals surface area contributed by atoms with E-state index in [1.54, 1.807) is 0 Å². The first-order valence-electron chi connectivity index (χ1n) is 11.4. The number of carbonyl (C=O) groups is 5. The molecule has 1 aromatic heterocycles. The zero-order valence-corrected chi connectivity index (χ0v) is 19.3. The van der Waals surface area contributed by atoms with E-state index in [1.165, 1.54) is 17.4 Å². The van der Waals surface area contributed by atoms with E-state index in [4.69, 9.17) is 16.6 Å². The number of carboxylic acids is 2. The van der Waals surface area contributed by atoms with Crippen molar-refractivity contribution in [3.8, 4) is 0 Å². The molecule has 1 aliphatic rings. The molecule has 9 N–H and O–H groups in total. The lowest BCUT2D eigenvalue weighted by molar-refractivity contribution is -0.144. The second-order valence-corrected chi connectivity index (χ2v) is 8.42. The number of nitrogens with two attached hydrogens (primary N) is 2. The van der Waals surface area contributed by atoms with Gasteiger partial charge in [0.2, 0.25) is 17.7 Å². The number of carbonyl (C=O) groups excluding carboxylic acids is 3. The van der Waals surface area contributed by atoms with Gasteiger partial charge in [-0.25, -0.2) is 9.78 Å². The van der Waals surface area contributed by atoms with Crippen molar-refractivity contribution in [2.75, 3.05) is 13.1 Å². The summed E-state index contributed by atoms with van der Waals surface area (Å²) >= 11 is 0. The highest BCUT2D eigenvalue weighted by Crippen LogP contribution is 2.19. The number of aromatic nitrogens is 2. The first kappa shape index (κ1) is 27.7. The fourth-order valence-electron chi connectivity index (χ4n) is 3.91. The lowest BCUT2D eigenvalue weighted by Gasteiger charge is -2.28. The number of hydrogen-bond acceptors (Lipinski definition) is 8. The topological polar surface area (TPSA) is 234 Å². The van der Waals surface area contributed by atoms with Gasteiger partial charge in [-0.15, -0.1) is 0 Å². The summed E-state index contributed by atoms with van der Waals surface area (Å²) in [6.07, 6.45) is 4.40. The van der Waals surface area contributed by atoms with Crippen molar-refractivity contribution < 1.29 is 34.2 Å². The molecule has 1 fully saturated rings. The van der Waals surface area contributed by atoms with Gasteiger partial charge in [-0.3, -0.25) is 19.2 Å². The molecule has 3 amide bonds. The van der Waals surface area contributed by atoms with Crippen molar-refractivity contribution in [1.29, 1.82) is 0 Å². The molecule has 1 saturated heterocycles. The molecule has 0 aromatic carbocycles. The van der Waals surface area contributed by atoms with E-state index in [1.807, 2.05) is 0 Å². The number of amides is 3. The SMILES string of the molecule is NCCCCC(NC(=O)C(Cc1cnc[nH]1)NC(=O)C1CCCN1C(=O)C(N)CC(=O)O)C(=O)O. The maximum absolute atomic E-state index is 13.1. The van der Waals surface area contributed by atoms with Crippen LogP contribution in [0.5, 0.6) is 0 Å². The maximum atomic E-state index is 13.1. The first-order valence-corrected chi connectivity index (χ1v) is 11.4. The number of likely N-dealkylation sites (tertiary alicyclic amines) is 1. The molecule has 0 radical (unpaired) electrons. The van der Waals surface area contributed by atoms with E-state index in [2.05, 4.69) is 20.6 Å². The Hall–Kier alpha value is -3.52. The third-order valence-electron chi connectivity index (χ3n) is 5.72. The quantitative estimate of drug-likeness (QED) is 0.139. The average molecular weight is 496 g/mol. The summed E-state index contributed by atoms with van der Waals surface area (Å²) in [5.41, 5.74) is 11.7. The van der Waals surface area contributed by atoms with Crippen LogP contribution in [-0.4, -0.2) is 92.0 Å². The highest BCUT2D eigenvalue weighted by Gasteiger charge is 2.38. The standard InChI is InChI=1S/C21H33N7O7/c22-6-2-1-4-14(21(34)35)26-18(31)15(8-12-10-24-11-25-12)27-19(32)16-5-3-7-28(16)20(33)13(23)9-17(29)30/h10-11,13-16H,1-9,22-23H2,(H,24,25)(H,26,31)(H,27,32)(H,29,30)(H,34,35). The van der Waals surface area contributed by atoms with Crippen molar-refractivity contribution in [2.45, 2.75) is 69.1 Å². The Bertz CT molecular complexity index is 893. The minimum atomic E-state index is -1.30. The minimum absolute atomic E-state index is 0.00586. The highest BCUT2D eigenvalue weighted by atomic mass is 16.4. The van der Waals surface area contributed by atoms with Crippen molar-refractivity contribution in [3.63, 3.8) is 0 Å². The molecule has 0 saturated carbocycles. The third-order valence-corrected chi connectivity index (χ3v) is 5.72. The van der Waals surface area contributed by atoms with Crippen LogP contribution in [0.2, 0.25) is 0 Å². The summed E-state index contributed by atoms with van der Waals surface area (Å²) in [6, 6.07) is -4.53. The smallest absolute Gasteiger partial charge is 0.326 e. The molecule has 0 bridgehead atoms. The maximum Gasteiger partial charge on any atom is 0.326 e. The van der Waals surface area contributed by atoms with Crippen LogP contribution >= 0.6 is 0 Å². The summed E-state index contributed by atoms with van der Waals surface area (Å²) in [6.45, 7) is 0.620. The molecular weight excluding hydrogens is 462 g/mol. The number of hydrogen-bond donors (Lipinski definition) is 7. The van der Waals surface area contributed by atoms with E-state index >= 15 is 0 Å². The summed E-state index contributed by atoms with van der Waals surface area (Å²) in [7, 11) is 0. The summed E-state index contributed by atoms with van der Waals surface area (Å²) < 4.78 is 0. The fourth-order valence-corrected chi connectivity index (χ4v) is 3.91. The lowest BCUT2D eigenvalue weighted by Crippen LogP contribution is -2.57. The van der Waals surface area contributed by atoms with E-state index in [-0.39, 0.29) is 19.4 Å². The first-order chi connectivity index (χ1) is 16.6. The largest absolute Gasteiger partial charge is 0.481 e. The van der Waals surface area contributed by atoms with Crippen LogP contribution in [0.15, 0.2) is 12.5 Å². The number of nitrogens with one attached hydrogen (secondary N) is 3.